The highest BCUT2D eigenvalue weighted by Gasteiger charge is 2.17. The van der Waals surface area contributed by atoms with Crippen molar-refractivity contribution >= 4 is 5.97 Å². The topological polar surface area (TPSA) is 35.5 Å². The monoisotopic (exact) mass is 336 g/mol. The Morgan fingerprint density at radius 1 is 0.958 bits per heavy atom. The number of carbonyl (C=O) groups excluding carboxylic acids is 1. The minimum Gasteiger partial charge on any atom is -0.436 e. The Hall–Kier alpha value is -1.01. The van der Waals surface area contributed by atoms with E-state index < -0.39 is 0 Å². The summed E-state index contributed by atoms with van der Waals surface area (Å²) in [5.41, 5.74) is 0. The Kier molecular flexibility index (Phi) is 13.6. The highest BCUT2D eigenvalue weighted by atomic mass is 16.7. The molecule has 138 valence electrons. The van der Waals surface area contributed by atoms with Crippen molar-refractivity contribution in [2.45, 2.75) is 110 Å². The molecule has 0 N–H and O–H groups in total. The molecule has 0 aromatic carbocycles. The first kappa shape index (κ1) is 21.0. The average molecular weight is 337 g/mol. The van der Waals surface area contributed by atoms with Gasteiger partial charge in [-0.25, -0.2) is 0 Å². The second-order valence-corrected chi connectivity index (χ2v) is 6.75. The molecule has 1 aliphatic rings. The maximum atomic E-state index is 11.7. The standard InChI is InChI=1S/C21H36O3/c1-2-3-4-5-6-7-8-9-10-11-12-13-14-17-20(22)24-21-18-15-16-19-23-21/h21H,4-19H2,1H3. The van der Waals surface area contributed by atoms with Crippen LogP contribution < -0.4 is 0 Å². The van der Waals surface area contributed by atoms with Gasteiger partial charge in [0.25, 0.3) is 0 Å². The van der Waals surface area contributed by atoms with Gasteiger partial charge >= 0.3 is 5.97 Å². The van der Waals surface area contributed by atoms with Gasteiger partial charge in [0.2, 0.25) is 6.29 Å². The fourth-order valence-electron chi connectivity index (χ4n) is 3.03. The van der Waals surface area contributed by atoms with Crippen LogP contribution in [0, 0.1) is 11.8 Å². The van der Waals surface area contributed by atoms with Crippen molar-refractivity contribution in [3.05, 3.63) is 0 Å². The lowest BCUT2D eigenvalue weighted by atomic mass is 10.1. The van der Waals surface area contributed by atoms with Crippen LogP contribution in [0.1, 0.15) is 103 Å². The third-order valence-electron chi connectivity index (χ3n) is 4.51. The van der Waals surface area contributed by atoms with Crippen LogP contribution in [0.25, 0.3) is 0 Å². The summed E-state index contributed by atoms with van der Waals surface area (Å²) >= 11 is 0. The molecule has 0 radical (unpaired) electrons. The highest BCUT2D eigenvalue weighted by Crippen LogP contribution is 2.16. The zero-order chi connectivity index (χ0) is 17.3. The quantitative estimate of drug-likeness (QED) is 0.244. The number of rotatable bonds is 13. The summed E-state index contributed by atoms with van der Waals surface area (Å²) in [6, 6.07) is 0. The summed E-state index contributed by atoms with van der Waals surface area (Å²) in [6.45, 7) is 2.64. The van der Waals surface area contributed by atoms with Crippen molar-refractivity contribution < 1.29 is 14.3 Å². The molecule has 0 aromatic rings. The Bertz CT molecular complexity index is 361. The molecule has 1 atom stereocenters. The fourth-order valence-corrected chi connectivity index (χ4v) is 3.03. The zero-order valence-corrected chi connectivity index (χ0v) is 15.6. The predicted molar refractivity (Wildman–Crippen MR) is 98.5 cm³/mol. The number of carbonyl (C=O) groups is 1. The van der Waals surface area contributed by atoms with Crippen LogP contribution in [-0.2, 0) is 14.3 Å². The molecular weight excluding hydrogens is 300 g/mol. The van der Waals surface area contributed by atoms with Gasteiger partial charge in [0.05, 0.1) is 6.61 Å². The number of unbranched alkanes of at least 4 members (excludes halogenated alkanes) is 10. The molecule has 1 fully saturated rings. The lowest BCUT2D eigenvalue weighted by Crippen LogP contribution is -2.25. The molecule has 1 rings (SSSR count). The first-order valence-corrected chi connectivity index (χ1v) is 10.0. The maximum Gasteiger partial charge on any atom is 0.308 e. The number of hydrogen-bond acceptors (Lipinski definition) is 3. The van der Waals surface area contributed by atoms with Gasteiger partial charge in [-0.3, -0.25) is 4.79 Å². The van der Waals surface area contributed by atoms with Crippen molar-refractivity contribution in [3.63, 3.8) is 0 Å². The van der Waals surface area contributed by atoms with E-state index >= 15 is 0 Å². The molecule has 24 heavy (non-hydrogen) atoms. The zero-order valence-electron chi connectivity index (χ0n) is 15.6. The molecular formula is C21H36O3. The molecule has 1 saturated heterocycles. The lowest BCUT2D eigenvalue weighted by molar-refractivity contribution is -0.186. The summed E-state index contributed by atoms with van der Waals surface area (Å²) < 4.78 is 10.7. The van der Waals surface area contributed by atoms with Crippen molar-refractivity contribution in [3.8, 4) is 11.8 Å². The fraction of sp³-hybridized carbons (Fsp3) is 0.857. The molecule has 0 aromatic heterocycles. The minimum absolute atomic E-state index is 0.0883. The Morgan fingerprint density at radius 3 is 2.17 bits per heavy atom. The normalized spacial score (nSPS) is 17.1. The summed E-state index contributed by atoms with van der Waals surface area (Å²) in [7, 11) is 0. The van der Waals surface area contributed by atoms with Crippen LogP contribution in [-0.4, -0.2) is 18.9 Å². The lowest BCUT2D eigenvalue weighted by Gasteiger charge is -2.22. The van der Waals surface area contributed by atoms with E-state index in [1.165, 1.54) is 51.4 Å². The van der Waals surface area contributed by atoms with Crippen molar-refractivity contribution in [2.75, 3.05) is 6.61 Å². The van der Waals surface area contributed by atoms with Crippen LogP contribution >= 0.6 is 0 Å². The molecule has 0 spiro atoms. The highest BCUT2D eigenvalue weighted by molar-refractivity contribution is 5.69. The van der Waals surface area contributed by atoms with Gasteiger partial charge in [-0.2, -0.15) is 0 Å². The van der Waals surface area contributed by atoms with Crippen LogP contribution in [0.15, 0.2) is 0 Å². The van der Waals surface area contributed by atoms with Crippen molar-refractivity contribution in [2.24, 2.45) is 0 Å². The predicted octanol–water partition coefficient (Wildman–Crippen LogP) is 5.76. The van der Waals surface area contributed by atoms with Crippen molar-refractivity contribution in [1.29, 1.82) is 0 Å². The van der Waals surface area contributed by atoms with E-state index in [1.54, 1.807) is 0 Å². The van der Waals surface area contributed by atoms with Gasteiger partial charge in [-0.05, 0) is 32.6 Å². The van der Waals surface area contributed by atoms with E-state index in [4.69, 9.17) is 9.47 Å². The van der Waals surface area contributed by atoms with E-state index in [1.807, 2.05) is 6.92 Å². The van der Waals surface area contributed by atoms with E-state index in [9.17, 15) is 4.79 Å². The summed E-state index contributed by atoms with van der Waals surface area (Å²) in [4.78, 5) is 11.7. The molecule has 3 nitrogen and oxygen atoms in total. The van der Waals surface area contributed by atoms with E-state index in [0.717, 1.165) is 45.1 Å². The SMILES string of the molecule is CC#CCCCCCCCCCCCCC(=O)OC1CCCCO1. The maximum absolute atomic E-state index is 11.7. The number of ether oxygens (including phenoxy) is 2. The second kappa shape index (κ2) is 15.5. The van der Waals surface area contributed by atoms with Gasteiger partial charge in [0.15, 0.2) is 0 Å². The minimum atomic E-state index is -0.278. The average Bonchev–Trinajstić information content (AvgIpc) is 2.60. The largest absolute Gasteiger partial charge is 0.436 e. The molecule has 0 amide bonds. The third-order valence-corrected chi connectivity index (χ3v) is 4.51. The second-order valence-electron chi connectivity index (χ2n) is 6.75. The molecule has 1 unspecified atom stereocenters. The van der Waals surface area contributed by atoms with E-state index in [-0.39, 0.29) is 12.3 Å². The molecule has 0 bridgehead atoms. The van der Waals surface area contributed by atoms with Crippen LogP contribution in [0.3, 0.4) is 0 Å². The van der Waals surface area contributed by atoms with Crippen LogP contribution in [0.4, 0.5) is 0 Å². The first-order chi connectivity index (χ1) is 11.8. The summed E-state index contributed by atoms with van der Waals surface area (Å²) in [5, 5.41) is 0. The summed E-state index contributed by atoms with van der Waals surface area (Å²) in [5.74, 6) is 5.98. The van der Waals surface area contributed by atoms with Gasteiger partial charge in [0.1, 0.15) is 0 Å². The van der Waals surface area contributed by atoms with Gasteiger partial charge in [0, 0.05) is 19.3 Å². The van der Waals surface area contributed by atoms with Crippen LogP contribution in [0.5, 0.6) is 0 Å². The molecule has 1 heterocycles. The molecule has 0 saturated carbocycles. The smallest absolute Gasteiger partial charge is 0.308 e. The van der Waals surface area contributed by atoms with Crippen LogP contribution in [0.2, 0.25) is 0 Å². The Balaban J connectivity index is 1.78. The van der Waals surface area contributed by atoms with E-state index in [0.29, 0.717) is 6.42 Å². The van der Waals surface area contributed by atoms with Gasteiger partial charge < -0.3 is 9.47 Å². The Morgan fingerprint density at radius 2 is 1.58 bits per heavy atom. The van der Waals surface area contributed by atoms with Gasteiger partial charge in [-0.1, -0.05) is 51.4 Å². The summed E-state index contributed by atoms with van der Waals surface area (Å²) in [6.07, 6.45) is 16.9. The number of esters is 1. The first-order valence-electron chi connectivity index (χ1n) is 10.0. The van der Waals surface area contributed by atoms with Gasteiger partial charge in [-0.15, -0.1) is 11.8 Å². The third kappa shape index (κ3) is 12.4. The van der Waals surface area contributed by atoms with Crippen molar-refractivity contribution in [1.82, 2.24) is 0 Å². The Labute approximate surface area is 148 Å². The molecule has 0 aliphatic carbocycles. The van der Waals surface area contributed by atoms with E-state index in [2.05, 4.69) is 11.8 Å². The number of hydrogen-bond donors (Lipinski definition) is 0. The molecule has 1 aliphatic heterocycles. The molecule has 3 heteroatoms.